The minimum absolute atomic E-state index is 0.586. The molecule has 11 aromatic rings. The molecule has 0 fully saturated rings. The Labute approximate surface area is 358 Å². The van der Waals surface area contributed by atoms with E-state index in [9.17, 15) is 0 Å². The molecule has 1 aliphatic heterocycles. The van der Waals surface area contributed by atoms with E-state index >= 15 is 0 Å². The molecule has 3 heterocycles. The Hall–Kier alpha value is -8.21. The summed E-state index contributed by atoms with van der Waals surface area (Å²) >= 11 is 0. The van der Waals surface area contributed by atoms with Crippen LogP contribution in [0.2, 0.25) is 0 Å². The third-order valence-corrected chi connectivity index (χ3v) is 12.9. The van der Waals surface area contributed by atoms with Crippen LogP contribution in [-0.4, -0.2) is 15.0 Å². The molecule has 13 rings (SSSR count). The number of aromatic nitrogens is 3. The smallest absolute Gasteiger partial charge is 0.140 e. The van der Waals surface area contributed by atoms with Gasteiger partial charge in [-0.25, -0.2) is 15.0 Å². The van der Waals surface area contributed by atoms with Gasteiger partial charge in [0, 0.05) is 44.0 Å². The molecule has 0 radical (unpaired) electrons. The van der Waals surface area contributed by atoms with Gasteiger partial charge in [0.25, 0.3) is 0 Å². The molecule has 0 saturated heterocycles. The number of pyridine rings is 1. The zero-order valence-electron chi connectivity index (χ0n) is 33.5. The third kappa shape index (κ3) is 4.98. The van der Waals surface area contributed by atoms with E-state index in [1.54, 1.807) is 0 Å². The zero-order valence-corrected chi connectivity index (χ0v) is 33.5. The number of benzene rings is 9. The van der Waals surface area contributed by atoms with E-state index in [-0.39, 0.29) is 0 Å². The molecule has 2 aliphatic rings. The lowest BCUT2D eigenvalue weighted by Gasteiger charge is -2.40. The highest BCUT2D eigenvalue weighted by Crippen LogP contribution is 2.63. The fraction of sp³-hybridized carbons (Fsp3) is 0.0172. The molecular formula is C58H35N3O. The average Bonchev–Trinajstić information content (AvgIpc) is 3.64. The van der Waals surface area contributed by atoms with Crippen LogP contribution in [0.15, 0.2) is 212 Å². The normalized spacial score (nSPS) is 13.1. The standard InChI is InChI=1S/C58H35N3O/c1-4-16-36(17-5-1)54-43-30-31-48-57(62-52-27-15-14-26-47(52)58(48)45-24-12-10-22-41(45)42-23-11-13-25-46(42)58)53(43)44-34-39(28-32-49(44)59-54)40-29-33-50-51(35-40)61-56(38-20-8-3-9-21-38)55(60-50)37-18-6-2-7-19-37/h1-35H. The molecule has 9 aromatic carbocycles. The Morgan fingerprint density at radius 3 is 1.47 bits per heavy atom. The minimum Gasteiger partial charge on any atom is -0.456 e. The number of rotatable bonds is 4. The molecular weight excluding hydrogens is 755 g/mol. The van der Waals surface area contributed by atoms with Crippen LogP contribution < -0.4 is 4.74 Å². The quantitative estimate of drug-likeness (QED) is 0.167. The molecule has 1 spiro atoms. The van der Waals surface area contributed by atoms with Crippen molar-refractivity contribution in [2.45, 2.75) is 5.41 Å². The average molecular weight is 790 g/mol. The Kier molecular flexibility index (Phi) is 7.49. The summed E-state index contributed by atoms with van der Waals surface area (Å²) in [7, 11) is 0. The Morgan fingerprint density at radius 1 is 0.323 bits per heavy atom. The number of hydrogen-bond acceptors (Lipinski definition) is 4. The van der Waals surface area contributed by atoms with Crippen molar-refractivity contribution in [2.75, 3.05) is 0 Å². The monoisotopic (exact) mass is 789 g/mol. The van der Waals surface area contributed by atoms with E-state index in [1.165, 1.54) is 22.3 Å². The van der Waals surface area contributed by atoms with Gasteiger partial charge in [0.2, 0.25) is 0 Å². The molecule has 288 valence electrons. The number of fused-ring (bicyclic) bond motifs is 14. The number of hydrogen-bond donors (Lipinski definition) is 0. The second-order valence-corrected chi connectivity index (χ2v) is 16.2. The largest absolute Gasteiger partial charge is 0.456 e. The van der Waals surface area contributed by atoms with Crippen molar-refractivity contribution in [1.29, 1.82) is 0 Å². The van der Waals surface area contributed by atoms with Crippen LogP contribution in [0, 0.1) is 0 Å². The predicted octanol–water partition coefficient (Wildman–Crippen LogP) is 14.5. The van der Waals surface area contributed by atoms with E-state index < -0.39 is 5.41 Å². The lowest BCUT2D eigenvalue weighted by atomic mass is 9.65. The van der Waals surface area contributed by atoms with Crippen molar-refractivity contribution in [1.82, 2.24) is 15.0 Å². The maximum atomic E-state index is 7.27. The van der Waals surface area contributed by atoms with Crippen molar-refractivity contribution < 1.29 is 4.74 Å². The molecule has 0 unspecified atom stereocenters. The molecule has 0 atom stereocenters. The number of ether oxygens (including phenoxy) is 1. The highest BCUT2D eigenvalue weighted by molar-refractivity contribution is 6.16. The van der Waals surface area contributed by atoms with Crippen LogP contribution in [0.1, 0.15) is 22.3 Å². The molecule has 2 aromatic heterocycles. The van der Waals surface area contributed by atoms with Gasteiger partial charge in [-0.15, -0.1) is 0 Å². The Balaban J connectivity index is 1.08. The lowest BCUT2D eigenvalue weighted by Crippen LogP contribution is -2.32. The highest BCUT2D eigenvalue weighted by Gasteiger charge is 2.51. The first-order chi connectivity index (χ1) is 30.7. The number of nitrogens with zero attached hydrogens (tertiary/aromatic N) is 3. The van der Waals surface area contributed by atoms with Gasteiger partial charge in [0.1, 0.15) is 11.5 Å². The van der Waals surface area contributed by atoms with E-state index in [0.717, 1.165) is 100 Å². The van der Waals surface area contributed by atoms with Gasteiger partial charge in [-0.05, 0) is 63.7 Å². The maximum absolute atomic E-state index is 7.27. The van der Waals surface area contributed by atoms with Crippen LogP contribution in [0.25, 0.3) is 88.7 Å². The third-order valence-electron chi connectivity index (χ3n) is 12.9. The summed E-state index contributed by atoms with van der Waals surface area (Å²) in [6, 6.07) is 75.2. The van der Waals surface area contributed by atoms with Crippen LogP contribution >= 0.6 is 0 Å². The molecule has 0 bridgehead atoms. The zero-order chi connectivity index (χ0) is 40.8. The van der Waals surface area contributed by atoms with Crippen LogP contribution in [-0.2, 0) is 5.41 Å². The minimum atomic E-state index is -0.586. The van der Waals surface area contributed by atoms with Gasteiger partial charge < -0.3 is 4.74 Å². The van der Waals surface area contributed by atoms with Crippen LogP contribution in [0.4, 0.5) is 0 Å². The molecule has 0 saturated carbocycles. The first-order valence-electron chi connectivity index (χ1n) is 21.1. The van der Waals surface area contributed by atoms with Crippen LogP contribution in [0.5, 0.6) is 11.5 Å². The maximum Gasteiger partial charge on any atom is 0.140 e. The van der Waals surface area contributed by atoms with E-state index in [4.69, 9.17) is 19.7 Å². The van der Waals surface area contributed by atoms with Crippen molar-refractivity contribution in [3.05, 3.63) is 235 Å². The fourth-order valence-corrected chi connectivity index (χ4v) is 10.2. The Morgan fingerprint density at radius 2 is 0.823 bits per heavy atom. The van der Waals surface area contributed by atoms with Gasteiger partial charge in [-0.1, -0.05) is 182 Å². The summed E-state index contributed by atoms with van der Waals surface area (Å²) < 4.78 is 7.27. The predicted molar refractivity (Wildman–Crippen MR) is 251 cm³/mol. The highest BCUT2D eigenvalue weighted by atomic mass is 16.5. The van der Waals surface area contributed by atoms with Crippen LogP contribution in [0.3, 0.4) is 0 Å². The summed E-state index contributed by atoms with van der Waals surface area (Å²) in [5.41, 5.74) is 17.2. The van der Waals surface area contributed by atoms with Gasteiger partial charge in [0.15, 0.2) is 0 Å². The van der Waals surface area contributed by atoms with E-state index in [2.05, 4.69) is 188 Å². The van der Waals surface area contributed by atoms with E-state index in [1.807, 2.05) is 24.3 Å². The van der Waals surface area contributed by atoms with Gasteiger partial charge in [0.05, 0.1) is 39.0 Å². The Bertz CT molecular complexity index is 3560. The van der Waals surface area contributed by atoms with Crippen molar-refractivity contribution in [3.8, 4) is 67.5 Å². The molecule has 0 amide bonds. The topological polar surface area (TPSA) is 47.9 Å². The summed E-state index contributed by atoms with van der Waals surface area (Å²) in [4.78, 5) is 16.0. The first kappa shape index (κ1) is 34.6. The summed E-state index contributed by atoms with van der Waals surface area (Å²) in [6.07, 6.45) is 0. The second kappa shape index (κ2) is 13.4. The van der Waals surface area contributed by atoms with Gasteiger partial charge in [-0.2, -0.15) is 0 Å². The van der Waals surface area contributed by atoms with Crippen molar-refractivity contribution in [3.63, 3.8) is 0 Å². The van der Waals surface area contributed by atoms with E-state index in [0.29, 0.717) is 0 Å². The molecule has 62 heavy (non-hydrogen) atoms. The first-order valence-corrected chi connectivity index (χ1v) is 21.1. The van der Waals surface area contributed by atoms with Gasteiger partial charge in [-0.3, -0.25) is 0 Å². The summed E-state index contributed by atoms with van der Waals surface area (Å²) in [6.45, 7) is 0. The lowest BCUT2D eigenvalue weighted by molar-refractivity contribution is 0.442. The fourth-order valence-electron chi connectivity index (χ4n) is 10.2. The second-order valence-electron chi connectivity index (χ2n) is 16.2. The molecule has 1 aliphatic carbocycles. The summed E-state index contributed by atoms with van der Waals surface area (Å²) in [5, 5.41) is 3.11. The number of para-hydroxylation sites is 1. The molecule has 4 heteroatoms. The van der Waals surface area contributed by atoms with Crippen molar-refractivity contribution >= 4 is 32.7 Å². The van der Waals surface area contributed by atoms with Gasteiger partial charge >= 0.3 is 0 Å². The molecule has 0 N–H and O–H groups in total. The van der Waals surface area contributed by atoms with Crippen molar-refractivity contribution in [2.24, 2.45) is 0 Å². The SMILES string of the molecule is c1ccc(-c2nc3ccc(-c4ccc5nc(-c6ccccc6)c6ccc7c(c6c5c4)Oc4ccccc4C74c5ccccc5-c5ccccc54)cc3nc2-c2ccccc2)cc1. The summed E-state index contributed by atoms with van der Waals surface area (Å²) in [5.74, 6) is 1.72. The molecule has 4 nitrogen and oxygen atoms in total.